The van der Waals surface area contributed by atoms with Crippen LogP contribution in [-0.4, -0.2) is 25.7 Å². The van der Waals surface area contributed by atoms with E-state index in [9.17, 15) is 21.6 Å². The number of halogens is 3. The Morgan fingerprint density at radius 1 is 1.47 bits per heavy atom. The van der Waals surface area contributed by atoms with E-state index in [1.165, 1.54) is 21.6 Å². The van der Waals surface area contributed by atoms with Crippen molar-refractivity contribution in [3.63, 3.8) is 0 Å². The molecule has 1 aromatic heterocycles. The molecular formula is C8H12F3N3O2S. The van der Waals surface area contributed by atoms with Crippen LogP contribution < -0.4 is 10.5 Å². The quantitative estimate of drug-likeness (QED) is 0.828. The van der Waals surface area contributed by atoms with Crippen molar-refractivity contribution in [3.05, 3.63) is 18.0 Å². The number of nitrogens with two attached hydrogens (primary N) is 1. The fourth-order valence-electron chi connectivity index (χ4n) is 1.19. The second-order valence-corrected chi connectivity index (χ2v) is 5.19. The maximum absolute atomic E-state index is 11.9. The largest absolute Gasteiger partial charge is 0.402 e. The molecule has 0 saturated carbocycles. The molecule has 17 heavy (non-hydrogen) atoms. The van der Waals surface area contributed by atoms with E-state index in [2.05, 4.69) is 0 Å². The second kappa shape index (κ2) is 4.67. The van der Waals surface area contributed by atoms with Gasteiger partial charge in [-0.1, -0.05) is 0 Å². The normalized spacial score (nSPS) is 13.0. The molecule has 0 aliphatic heterocycles. The number of hydrogen-bond acceptors (Lipinski definition) is 3. The molecule has 0 bridgehead atoms. The van der Waals surface area contributed by atoms with Gasteiger partial charge >= 0.3 is 6.18 Å². The molecule has 0 aromatic carbocycles. The first-order valence-corrected chi connectivity index (χ1v) is 6.06. The molecule has 0 aliphatic carbocycles. The summed E-state index contributed by atoms with van der Waals surface area (Å²) in [6.45, 7) is -1.49. The highest BCUT2D eigenvalue weighted by Gasteiger charge is 2.30. The summed E-state index contributed by atoms with van der Waals surface area (Å²) in [5.41, 5.74) is 5.85. The van der Waals surface area contributed by atoms with E-state index in [-0.39, 0.29) is 11.4 Å². The number of hydrogen-bond donors (Lipinski definition) is 2. The van der Waals surface area contributed by atoms with Crippen LogP contribution in [0, 0.1) is 0 Å². The number of sulfonamides is 1. The summed E-state index contributed by atoms with van der Waals surface area (Å²) in [7, 11) is -2.59. The van der Waals surface area contributed by atoms with Crippen molar-refractivity contribution in [2.45, 2.75) is 17.6 Å². The van der Waals surface area contributed by atoms with E-state index in [0.717, 1.165) is 0 Å². The molecule has 5 nitrogen and oxygen atoms in total. The Hall–Kier alpha value is -1.06. The highest BCUT2D eigenvalue weighted by molar-refractivity contribution is 7.89. The lowest BCUT2D eigenvalue weighted by Gasteiger charge is -2.07. The van der Waals surface area contributed by atoms with Crippen molar-refractivity contribution in [1.82, 2.24) is 9.29 Å². The summed E-state index contributed by atoms with van der Waals surface area (Å²) in [4.78, 5) is -0.232. The zero-order valence-electron chi connectivity index (χ0n) is 8.95. The van der Waals surface area contributed by atoms with Gasteiger partial charge in [-0.3, -0.25) is 0 Å². The molecule has 0 aliphatic rings. The number of aryl methyl sites for hydroxylation is 1. The van der Waals surface area contributed by atoms with Crippen LogP contribution >= 0.6 is 0 Å². The molecular weight excluding hydrogens is 259 g/mol. The molecule has 0 atom stereocenters. The van der Waals surface area contributed by atoms with Crippen LogP contribution in [-0.2, 0) is 23.6 Å². The highest BCUT2D eigenvalue weighted by atomic mass is 32.2. The minimum Gasteiger partial charge on any atom is -0.352 e. The number of rotatable bonds is 4. The molecule has 0 spiro atoms. The Morgan fingerprint density at radius 2 is 2.06 bits per heavy atom. The summed E-state index contributed by atoms with van der Waals surface area (Å²) < 4.78 is 61.6. The van der Waals surface area contributed by atoms with Crippen LogP contribution in [0.15, 0.2) is 17.2 Å². The van der Waals surface area contributed by atoms with Gasteiger partial charge in [0.25, 0.3) is 0 Å². The van der Waals surface area contributed by atoms with Gasteiger partial charge < -0.3 is 10.3 Å². The fraction of sp³-hybridized carbons (Fsp3) is 0.500. The van der Waals surface area contributed by atoms with Gasteiger partial charge in [0.1, 0.15) is 6.54 Å². The molecule has 0 saturated heterocycles. The molecule has 1 aromatic rings. The van der Waals surface area contributed by atoms with Crippen LogP contribution in [0.3, 0.4) is 0 Å². The van der Waals surface area contributed by atoms with Crippen LogP contribution in [0.2, 0.25) is 0 Å². The van der Waals surface area contributed by atoms with Crippen LogP contribution in [0.4, 0.5) is 13.2 Å². The van der Waals surface area contributed by atoms with Gasteiger partial charge in [-0.25, -0.2) is 13.1 Å². The predicted molar refractivity (Wildman–Crippen MR) is 54.5 cm³/mol. The third-order valence-electron chi connectivity index (χ3n) is 2.06. The van der Waals surface area contributed by atoms with E-state index in [4.69, 9.17) is 5.73 Å². The van der Waals surface area contributed by atoms with Gasteiger partial charge in [-0.05, 0) is 6.07 Å². The Bertz CT molecular complexity index is 493. The Balaban J connectivity index is 2.90. The highest BCUT2D eigenvalue weighted by Crippen LogP contribution is 2.16. The van der Waals surface area contributed by atoms with Gasteiger partial charge in [0.05, 0.1) is 4.90 Å². The van der Waals surface area contributed by atoms with Crippen molar-refractivity contribution in [2.24, 2.45) is 12.8 Å². The second-order valence-electron chi connectivity index (χ2n) is 3.42. The third-order valence-corrected chi connectivity index (χ3v) is 3.43. The standard InChI is InChI=1S/C8H12F3N3O2S/c1-14-4-7(2-6(14)3-12)17(15,16)13-5-8(9,10)11/h2,4,13H,3,5,12H2,1H3. The van der Waals surface area contributed by atoms with E-state index >= 15 is 0 Å². The zero-order valence-corrected chi connectivity index (χ0v) is 9.77. The molecule has 0 radical (unpaired) electrons. The van der Waals surface area contributed by atoms with Gasteiger partial charge in [0, 0.05) is 25.5 Å². The van der Waals surface area contributed by atoms with E-state index in [1.807, 2.05) is 0 Å². The average molecular weight is 271 g/mol. The van der Waals surface area contributed by atoms with Crippen LogP contribution in [0.1, 0.15) is 5.69 Å². The summed E-state index contributed by atoms with van der Waals surface area (Å²) in [5, 5.41) is 0. The monoisotopic (exact) mass is 271 g/mol. The van der Waals surface area contributed by atoms with Crippen LogP contribution in [0.5, 0.6) is 0 Å². The summed E-state index contributed by atoms with van der Waals surface area (Å²) in [6.07, 6.45) is -3.38. The molecule has 0 unspecified atom stereocenters. The topological polar surface area (TPSA) is 77.1 Å². The van der Waals surface area contributed by atoms with E-state index in [1.54, 1.807) is 7.05 Å². The van der Waals surface area contributed by atoms with Crippen molar-refractivity contribution in [2.75, 3.05) is 6.54 Å². The van der Waals surface area contributed by atoms with E-state index < -0.39 is 22.7 Å². The third kappa shape index (κ3) is 3.72. The zero-order chi connectivity index (χ0) is 13.3. The molecule has 3 N–H and O–H groups in total. The smallest absolute Gasteiger partial charge is 0.352 e. The minimum atomic E-state index is -4.58. The minimum absolute atomic E-state index is 0.102. The lowest BCUT2D eigenvalue weighted by atomic mass is 10.4. The summed E-state index contributed by atoms with van der Waals surface area (Å²) >= 11 is 0. The van der Waals surface area contributed by atoms with Gasteiger partial charge in [-0.15, -0.1) is 0 Å². The molecule has 98 valence electrons. The fourth-order valence-corrected chi connectivity index (χ4v) is 2.30. The van der Waals surface area contributed by atoms with E-state index in [0.29, 0.717) is 5.69 Å². The lowest BCUT2D eigenvalue weighted by Crippen LogP contribution is -2.33. The summed E-state index contributed by atoms with van der Waals surface area (Å²) in [5.74, 6) is 0. The number of nitrogens with one attached hydrogen (secondary N) is 1. The molecule has 0 amide bonds. The first kappa shape index (κ1) is 14.0. The molecule has 9 heteroatoms. The number of aromatic nitrogens is 1. The van der Waals surface area contributed by atoms with Crippen molar-refractivity contribution in [1.29, 1.82) is 0 Å². The maximum atomic E-state index is 11.9. The Morgan fingerprint density at radius 3 is 2.47 bits per heavy atom. The lowest BCUT2D eigenvalue weighted by molar-refractivity contribution is -0.121. The van der Waals surface area contributed by atoms with Crippen molar-refractivity contribution in [3.8, 4) is 0 Å². The first-order valence-electron chi connectivity index (χ1n) is 4.57. The molecule has 1 heterocycles. The Kier molecular flexibility index (Phi) is 3.84. The van der Waals surface area contributed by atoms with Crippen LogP contribution in [0.25, 0.3) is 0 Å². The van der Waals surface area contributed by atoms with Gasteiger partial charge in [0.2, 0.25) is 10.0 Å². The average Bonchev–Trinajstić information content (AvgIpc) is 2.56. The van der Waals surface area contributed by atoms with Gasteiger partial charge in [0.15, 0.2) is 0 Å². The van der Waals surface area contributed by atoms with Gasteiger partial charge in [-0.2, -0.15) is 13.2 Å². The van der Waals surface area contributed by atoms with Crippen molar-refractivity contribution >= 4 is 10.0 Å². The number of alkyl halides is 3. The molecule has 0 fully saturated rings. The number of nitrogens with zero attached hydrogens (tertiary/aromatic N) is 1. The molecule has 1 rings (SSSR count). The SMILES string of the molecule is Cn1cc(S(=O)(=O)NCC(F)(F)F)cc1CN. The Labute approximate surface area is 96.5 Å². The van der Waals surface area contributed by atoms with Crippen molar-refractivity contribution < 1.29 is 21.6 Å². The predicted octanol–water partition coefficient (Wildman–Crippen LogP) is 0.324. The maximum Gasteiger partial charge on any atom is 0.402 e. The summed E-state index contributed by atoms with van der Waals surface area (Å²) in [6, 6.07) is 1.23. The first-order chi connectivity index (χ1) is 7.65.